The minimum atomic E-state index is 0.337. The van der Waals surface area contributed by atoms with E-state index in [0.717, 1.165) is 9.50 Å². The topological polar surface area (TPSA) is 24.9 Å². The summed E-state index contributed by atoms with van der Waals surface area (Å²) in [5.41, 5.74) is 1.30. The maximum absolute atomic E-state index is 4.40. The Labute approximate surface area is 120 Å². The Morgan fingerprint density at radius 1 is 1.22 bits per heavy atom. The van der Waals surface area contributed by atoms with Gasteiger partial charge in [0.1, 0.15) is 5.03 Å². The molecule has 94 valence electrons. The van der Waals surface area contributed by atoms with Crippen LogP contribution in [0.5, 0.6) is 0 Å². The van der Waals surface area contributed by atoms with Crippen LogP contribution in [0.25, 0.3) is 0 Å². The van der Waals surface area contributed by atoms with E-state index in [1.54, 1.807) is 11.8 Å². The Morgan fingerprint density at radius 3 is 2.67 bits per heavy atom. The van der Waals surface area contributed by atoms with Crippen molar-refractivity contribution in [3.63, 3.8) is 0 Å². The van der Waals surface area contributed by atoms with Crippen molar-refractivity contribution in [1.82, 2.24) is 10.3 Å². The number of rotatable bonds is 4. The van der Waals surface area contributed by atoms with Gasteiger partial charge in [0.15, 0.2) is 0 Å². The molecule has 0 aliphatic heterocycles. The van der Waals surface area contributed by atoms with Gasteiger partial charge in [0.05, 0.1) is 0 Å². The molecule has 18 heavy (non-hydrogen) atoms. The van der Waals surface area contributed by atoms with Crippen LogP contribution in [0, 0.1) is 0 Å². The molecule has 4 heteroatoms. The van der Waals surface area contributed by atoms with Crippen molar-refractivity contribution in [2.45, 2.75) is 22.9 Å². The van der Waals surface area contributed by atoms with Crippen molar-refractivity contribution < 1.29 is 0 Å². The van der Waals surface area contributed by atoms with Gasteiger partial charge in [0.25, 0.3) is 0 Å². The molecule has 0 fully saturated rings. The maximum atomic E-state index is 4.40. The van der Waals surface area contributed by atoms with Crippen molar-refractivity contribution in [1.29, 1.82) is 0 Å². The molecule has 1 unspecified atom stereocenters. The molecular weight excluding hydrogens is 308 g/mol. The summed E-state index contributed by atoms with van der Waals surface area (Å²) >= 11 is 5.09. The summed E-state index contributed by atoms with van der Waals surface area (Å²) in [6, 6.07) is 12.8. The van der Waals surface area contributed by atoms with Crippen molar-refractivity contribution >= 4 is 27.7 Å². The Morgan fingerprint density at radius 2 is 2.00 bits per heavy atom. The first-order valence-corrected chi connectivity index (χ1v) is 7.37. The lowest BCUT2D eigenvalue weighted by atomic mass is 10.1. The first-order valence-electron chi connectivity index (χ1n) is 5.76. The molecule has 0 spiro atoms. The zero-order chi connectivity index (χ0) is 13.0. The van der Waals surface area contributed by atoms with E-state index >= 15 is 0 Å². The average molecular weight is 323 g/mol. The third kappa shape index (κ3) is 3.34. The second-order valence-corrected chi connectivity index (χ2v) is 5.94. The molecule has 0 saturated heterocycles. The van der Waals surface area contributed by atoms with Gasteiger partial charge >= 0.3 is 0 Å². The summed E-state index contributed by atoms with van der Waals surface area (Å²) < 4.78 is 1.00. The van der Waals surface area contributed by atoms with E-state index in [1.165, 1.54) is 10.5 Å². The monoisotopic (exact) mass is 322 g/mol. The molecule has 1 aromatic carbocycles. The summed E-state index contributed by atoms with van der Waals surface area (Å²) in [6.45, 7) is 2.16. The third-order valence-electron chi connectivity index (χ3n) is 2.73. The molecule has 1 N–H and O–H groups in total. The smallest absolute Gasteiger partial charge is 0.101 e. The second kappa shape index (κ2) is 6.36. The maximum Gasteiger partial charge on any atom is 0.101 e. The molecule has 0 aliphatic rings. The van der Waals surface area contributed by atoms with Crippen LogP contribution in [-0.4, -0.2) is 12.0 Å². The normalized spacial score (nSPS) is 12.4. The van der Waals surface area contributed by atoms with Crippen molar-refractivity contribution in [3.05, 3.63) is 52.6 Å². The molecule has 1 aromatic heterocycles. The van der Waals surface area contributed by atoms with Crippen LogP contribution in [0.1, 0.15) is 18.5 Å². The molecule has 0 amide bonds. The Hall–Kier alpha value is -0.840. The summed E-state index contributed by atoms with van der Waals surface area (Å²) in [7, 11) is 1.98. The molecule has 1 atom stereocenters. The number of nitrogens with one attached hydrogen (secondary N) is 1. The molecule has 2 aromatic rings. The minimum absolute atomic E-state index is 0.337. The predicted octanol–water partition coefficient (Wildman–Crippen LogP) is 4.28. The molecule has 0 saturated carbocycles. The number of aromatic nitrogens is 1. The lowest BCUT2D eigenvalue weighted by Gasteiger charge is -2.14. The number of halogens is 1. The van der Waals surface area contributed by atoms with E-state index in [4.69, 9.17) is 0 Å². The Bertz CT molecular complexity index is 513. The fourth-order valence-corrected chi connectivity index (χ4v) is 2.83. The van der Waals surface area contributed by atoms with Crippen LogP contribution in [0.3, 0.4) is 0 Å². The van der Waals surface area contributed by atoms with E-state index < -0.39 is 0 Å². The predicted molar refractivity (Wildman–Crippen MR) is 80.0 cm³/mol. The fourth-order valence-electron chi connectivity index (χ4n) is 1.62. The van der Waals surface area contributed by atoms with E-state index in [1.807, 2.05) is 25.4 Å². The van der Waals surface area contributed by atoms with Gasteiger partial charge in [-0.15, -0.1) is 0 Å². The van der Waals surface area contributed by atoms with Gasteiger partial charge in [-0.2, -0.15) is 0 Å². The number of pyridine rings is 1. The van der Waals surface area contributed by atoms with Crippen molar-refractivity contribution in [2.24, 2.45) is 0 Å². The number of nitrogens with zero attached hydrogens (tertiary/aromatic N) is 1. The van der Waals surface area contributed by atoms with Gasteiger partial charge in [-0.3, -0.25) is 0 Å². The highest BCUT2D eigenvalue weighted by Crippen LogP contribution is 2.32. The molecule has 0 aliphatic carbocycles. The van der Waals surface area contributed by atoms with Crippen LogP contribution in [-0.2, 0) is 0 Å². The Balaban J connectivity index is 2.26. The van der Waals surface area contributed by atoms with Crippen LogP contribution < -0.4 is 5.32 Å². The van der Waals surface area contributed by atoms with Gasteiger partial charge in [-0.25, -0.2) is 4.98 Å². The van der Waals surface area contributed by atoms with Gasteiger partial charge in [0, 0.05) is 21.6 Å². The summed E-state index contributed by atoms with van der Waals surface area (Å²) in [5.74, 6) is 0. The standard InChI is InChI=1S/C14H15BrN2S/c1-10(16-2)12-5-3-4-6-13(12)18-14-8-7-11(15)9-17-14/h3-10,16H,1-2H3. The van der Waals surface area contributed by atoms with E-state index in [0.29, 0.717) is 6.04 Å². The first kappa shape index (κ1) is 13.6. The molecule has 1 heterocycles. The highest BCUT2D eigenvalue weighted by atomic mass is 79.9. The SMILES string of the molecule is CNC(C)c1ccccc1Sc1ccc(Br)cn1. The van der Waals surface area contributed by atoms with Gasteiger partial charge < -0.3 is 5.32 Å². The largest absolute Gasteiger partial charge is 0.313 e. The lowest BCUT2D eigenvalue weighted by molar-refractivity contribution is 0.641. The van der Waals surface area contributed by atoms with E-state index in [-0.39, 0.29) is 0 Å². The van der Waals surface area contributed by atoms with Gasteiger partial charge in [-0.1, -0.05) is 30.0 Å². The summed E-state index contributed by atoms with van der Waals surface area (Å²) in [4.78, 5) is 5.64. The number of hydrogen-bond acceptors (Lipinski definition) is 3. The molecular formula is C14H15BrN2S. The molecule has 0 bridgehead atoms. The van der Waals surface area contributed by atoms with Gasteiger partial charge in [-0.05, 0) is 53.7 Å². The summed E-state index contributed by atoms with van der Waals surface area (Å²) in [6.07, 6.45) is 1.83. The third-order valence-corrected chi connectivity index (χ3v) is 4.24. The first-order chi connectivity index (χ1) is 8.70. The molecule has 0 radical (unpaired) electrons. The van der Waals surface area contributed by atoms with Crippen LogP contribution >= 0.6 is 27.7 Å². The van der Waals surface area contributed by atoms with Crippen LogP contribution in [0.4, 0.5) is 0 Å². The average Bonchev–Trinajstić information content (AvgIpc) is 2.41. The zero-order valence-corrected chi connectivity index (χ0v) is 12.8. The van der Waals surface area contributed by atoms with Crippen LogP contribution in [0.2, 0.25) is 0 Å². The van der Waals surface area contributed by atoms with E-state index in [2.05, 4.69) is 57.4 Å². The molecule has 2 rings (SSSR count). The Kier molecular flexibility index (Phi) is 4.80. The van der Waals surface area contributed by atoms with Crippen LogP contribution in [0.15, 0.2) is 57.0 Å². The van der Waals surface area contributed by atoms with Crippen molar-refractivity contribution in [3.8, 4) is 0 Å². The lowest BCUT2D eigenvalue weighted by Crippen LogP contribution is -2.13. The minimum Gasteiger partial charge on any atom is -0.313 e. The zero-order valence-electron chi connectivity index (χ0n) is 10.4. The second-order valence-electron chi connectivity index (χ2n) is 3.96. The highest BCUT2D eigenvalue weighted by Gasteiger charge is 2.09. The van der Waals surface area contributed by atoms with Crippen molar-refractivity contribution in [2.75, 3.05) is 7.05 Å². The molecule has 2 nitrogen and oxygen atoms in total. The van der Waals surface area contributed by atoms with Gasteiger partial charge in [0.2, 0.25) is 0 Å². The highest BCUT2D eigenvalue weighted by molar-refractivity contribution is 9.10. The van der Waals surface area contributed by atoms with E-state index in [9.17, 15) is 0 Å². The summed E-state index contributed by atoms with van der Waals surface area (Å²) in [5, 5.41) is 4.28. The quantitative estimate of drug-likeness (QED) is 0.909. The fraction of sp³-hybridized carbons (Fsp3) is 0.214. The number of benzene rings is 1. The number of hydrogen-bond donors (Lipinski definition) is 1.